The summed E-state index contributed by atoms with van der Waals surface area (Å²) in [6.07, 6.45) is 3.98. The summed E-state index contributed by atoms with van der Waals surface area (Å²) < 4.78 is 0. The van der Waals surface area contributed by atoms with Crippen LogP contribution in [-0.4, -0.2) is 16.9 Å². The summed E-state index contributed by atoms with van der Waals surface area (Å²) in [5, 5.41) is 6.27. The zero-order chi connectivity index (χ0) is 13.8. The van der Waals surface area contributed by atoms with Crippen LogP contribution in [0.15, 0.2) is 48.7 Å². The van der Waals surface area contributed by atoms with Gasteiger partial charge in [0.15, 0.2) is 0 Å². The largest absolute Gasteiger partial charge is 0.379 e. The van der Waals surface area contributed by atoms with E-state index in [1.165, 1.54) is 0 Å². The number of aromatic nitrogens is 1. The minimum atomic E-state index is 0.00832. The molecule has 20 heavy (non-hydrogen) atoms. The first-order valence-corrected chi connectivity index (χ1v) is 6.86. The average molecular weight is 267 g/mol. The predicted molar refractivity (Wildman–Crippen MR) is 78.5 cm³/mol. The second-order valence-corrected chi connectivity index (χ2v) is 5.00. The van der Waals surface area contributed by atoms with E-state index >= 15 is 0 Å². The Bertz CT molecular complexity index is 594. The molecule has 0 unspecified atom stereocenters. The Hall–Kier alpha value is -2.36. The highest BCUT2D eigenvalue weighted by Gasteiger charge is 2.23. The van der Waals surface area contributed by atoms with Crippen LogP contribution in [0.3, 0.4) is 0 Å². The number of carbonyl (C=O) groups excluding carboxylic acids is 1. The van der Waals surface area contributed by atoms with Gasteiger partial charge in [0.1, 0.15) is 0 Å². The Morgan fingerprint density at radius 3 is 2.85 bits per heavy atom. The number of pyridine rings is 1. The Kier molecular flexibility index (Phi) is 3.63. The molecule has 1 aliphatic carbocycles. The number of rotatable bonds is 5. The van der Waals surface area contributed by atoms with Crippen molar-refractivity contribution in [3.63, 3.8) is 0 Å². The standard InChI is InChI=1S/C16H17N3O/c20-16(19-13-7-8-13)12-4-3-6-14(10-12)18-11-15-5-1-2-9-17-15/h1-6,9-10,13,18H,7-8,11H2,(H,19,20). The molecule has 2 aromatic rings. The minimum Gasteiger partial charge on any atom is -0.379 e. The van der Waals surface area contributed by atoms with Gasteiger partial charge in [-0.05, 0) is 43.2 Å². The summed E-state index contributed by atoms with van der Waals surface area (Å²) in [7, 11) is 0. The second kappa shape index (κ2) is 5.74. The lowest BCUT2D eigenvalue weighted by molar-refractivity contribution is 0.0951. The van der Waals surface area contributed by atoms with Gasteiger partial charge in [-0.25, -0.2) is 0 Å². The van der Waals surface area contributed by atoms with Crippen molar-refractivity contribution in [1.29, 1.82) is 0 Å². The first-order valence-electron chi connectivity index (χ1n) is 6.86. The lowest BCUT2D eigenvalue weighted by Crippen LogP contribution is -2.25. The van der Waals surface area contributed by atoms with E-state index < -0.39 is 0 Å². The molecule has 1 fully saturated rings. The van der Waals surface area contributed by atoms with Crippen LogP contribution >= 0.6 is 0 Å². The summed E-state index contributed by atoms with van der Waals surface area (Å²) in [4.78, 5) is 16.2. The molecule has 3 rings (SSSR count). The van der Waals surface area contributed by atoms with Crippen molar-refractivity contribution in [3.8, 4) is 0 Å². The van der Waals surface area contributed by atoms with Crippen LogP contribution in [0.25, 0.3) is 0 Å². The minimum absolute atomic E-state index is 0.00832. The van der Waals surface area contributed by atoms with E-state index in [0.717, 1.165) is 24.2 Å². The van der Waals surface area contributed by atoms with Gasteiger partial charge in [-0.3, -0.25) is 9.78 Å². The Morgan fingerprint density at radius 1 is 1.20 bits per heavy atom. The SMILES string of the molecule is O=C(NC1CC1)c1cccc(NCc2ccccn2)c1. The van der Waals surface area contributed by atoms with Gasteiger partial charge in [0, 0.05) is 23.5 Å². The maximum atomic E-state index is 12.0. The van der Waals surface area contributed by atoms with Crippen molar-refractivity contribution < 1.29 is 4.79 Å². The molecule has 0 spiro atoms. The maximum Gasteiger partial charge on any atom is 0.251 e. The molecular weight excluding hydrogens is 250 g/mol. The zero-order valence-electron chi connectivity index (χ0n) is 11.2. The third-order valence-corrected chi connectivity index (χ3v) is 3.24. The Balaban J connectivity index is 1.63. The van der Waals surface area contributed by atoms with Crippen molar-refractivity contribution in [1.82, 2.24) is 10.3 Å². The Labute approximate surface area is 118 Å². The van der Waals surface area contributed by atoms with Gasteiger partial charge in [0.2, 0.25) is 0 Å². The second-order valence-electron chi connectivity index (χ2n) is 5.00. The normalized spacial score (nSPS) is 13.8. The molecule has 1 aliphatic rings. The van der Waals surface area contributed by atoms with Crippen molar-refractivity contribution >= 4 is 11.6 Å². The smallest absolute Gasteiger partial charge is 0.251 e. The van der Waals surface area contributed by atoms with Crippen LogP contribution in [0.2, 0.25) is 0 Å². The molecule has 1 aromatic heterocycles. The molecule has 0 aliphatic heterocycles. The molecule has 0 saturated heterocycles. The van der Waals surface area contributed by atoms with Gasteiger partial charge in [-0.1, -0.05) is 12.1 Å². The third kappa shape index (κ3) is 3.35. The summed E-state index contributed by atoms with van der Waals surface area (Å²) >= 11 is 0. The first kappa shape index (κ1) is 12.7. The van der Waals surface area contributed by atoms with Gasteiger partial charge < -0.3 is 10.6 Å². The highest BCUT2D eigenvalue weighted by Crippen LogP contribution is 2.20. The average Bonchev–Trinajstić information content (AvgIpc) is 3.30. The molecule has 1 heterocycles. The van der Waals surface area contributed by atoms with Crippen molar-refractivity contribution in [2.45, 2.75) is 25.4 Å². The fourth-order valence-electron chi connectivity index (χ4n) is 1.96. The number of carbonyl (C=O) groups is 1. The number of nitrogens with zero attached hydrogens (tertiary/aromatic N) is 1. The van der Waals surface area contributed by atoms with E-state index in [0.29, 0.717) is 18.2 Å². The molecule has 1 saturated carbocycles. The molecule has 0 bridgehead atoms. The molecule has 2 N–H and O–H groups in total. The lowest BCUT2D eigenvalue weighted by atomic mass is 10.2. The van der Waals surface area contributed by atoms with Crippen LogP contribution in [0.5, 0.6) is 0 Å². The summed E-state index contributed by atoms with van der Waals surface area (Å²) in [5.74, 6) is 0.00832. The van der Waals surface area contributed by atoms with E-state index in [9.17, 15) is 4.79 Å². The predicted octanol–water partition coefficient (Wildman–Crippen LogP) is 2.59. The topological polar surface area (TPSA) is 54.0 Å². The number of benzene rings is 1. The fraction of sp³-hybridized carbons (Fsp3) is 0.250. The summed E-state index contributed by atoms with van der Waals surface area (Å²) in [6.45, 7) is 0.647. The van der Waals surface area contributed by atoms with Crippen LogP contribution in [0.1, 0.15) is 28.9 Å². The van der Waals surface area contributed by atoms with Gasteiger partial charge in [0.05, 0.1) is 12.2 Å². The molecule has 4 nitrogen and oxygen atoms in total. The molecule has 0 radical (unpaired) electrons. The van der Waals surface area contributed by atoms with E-state index in [1.54, 1.807) is 6.20 Å². The van der Waals surface area contributed by atoms with Crippen LogP contribution < -0.4 is 10.6 Å². The number of nitrogens with one attached hydrogen (secondary N) is 2. The molecule has 0 atom stereocenters. The highest BCUT2D eigenvalue weighted by atomic mass is 16.1. The number of hydrogen-bond donors (Lipinski definition) is 2. The monoisotopic (exact) mass is 267 g/mol. The van der Waals surface area contributed by atoms with Crippen molar-refractivity contribution in [3.05, 3.63) is 59.9 Å². The molecule has 102 valence electrons. The quantitative estimate of drug-likeness (QED) is 0.875. The van der Waals surface area contributed by atoms with Gasteiger partial charge >= 0.3 is 0 Å². The highest BCUT2D eigenvalue weighted by molar-refractivity contribution is 5.95. The molecule has 4 heteroatoms. The van der Waals surface area contributed by atoms with E-state index in [4.69, 9.17) is 0 Å². The fourth-order valence-corrected chi connectivity index (χ4v) is 1.96. The van der Waals surface area contributed by atoms with Crippen LogP contribution in [0, 0.1) is 0 Å². The van der Waals surface area contributed by atoms with Gasteiger partial charge in [-0.2, -0.15) is 0 Å². The van der Waals surface area contributed by atoms with Crippen molar-refractivity contribution in [2.24, 2.45) is 0 Å². The Morgan fingerprint density at radius 2 is 2.10 bits per heavy atom. The number of anilines is 1. The number of amides is 1. The number of hydrogen-bond acceptors (Lipinski definition) is 3. The molecular formula is C16H17N3O. The first-order chi connectivity index (χ1) is 9.81. The van der Waals surface area contributed by atoms with Crippen LogP contribution in [-0.2, 0) is 6.54 Å². The maximum absolute atomic E-state index is 12.0. The van der Waals surface area contributed by atoms with E-state index in [2.05, 4.69) is 15.6 Å². The summed E-state index contributed by atoms with van der Waals surface area (Å²) in [6, 6.07) is 13.8. The zero-order valence-corrected chi connectivity index (χ0v) is 11.2. The lowest BCUT2D eigenvalue weighted by Gasteiger charge is -2.08. The summed E-state index contributed by atoms with van der Waals surface area (Å²) in [5.41, 5.74) is 2.60. The van der Waals surface area contributed by atoms with Gasteiger partial charge in [-0.15, -0.1) is 0 Å². The molecule has 1 aromatic carbocycles. The van der Waals surface area contributed by atoms with E-state index in [-0.39, 0.29) is 5.91 Å². The van der Waals surface area contributed by atoms with E-state index in [1.807, 2.05) is 42.5 Å². The van der Waals surface area contributed by atoms with Gasteiger partial charge in [0.25, 0.3) is 5.91 Å². The van der Waals surface area contributed by atoms with Crippen LogP contribution in [0.4, 0.5) is 5.69 Å². The molecule has 1 amide bonds. The third-order valence-electron chi connectivity index (χ3n) is 3.24. The van der Waals surface area contributed by atoms with Crippen molar-refractivity contribution in [2.75, 3.05) is 5.32 Å².